The third-order valence-electron chi connectivity index (χ3n) is 5.23. The van der Waals surface area contributed by atoms with Gasteiger partial charge in [-0.15, -0.1) is 0 Å². The van der Waals surface area contributed by atoms with Gasteiger partial charge in [-0.2, -0.15) is 0 Å². The highest BCUT2D eigenvalue weighted by Gasteiger charge is 2.32. The number of carbonyl (C=O) groups excluding carboxylic acids is 1. The number of rotatable bonds is 6. The minimum absolute atomic E-state index is 0.0749. The number of ether oxygens (including phenoxy) is 1. The van der Waals surface area contributed by atoms with Crippen molar-refractivity contribution in [3.05, 3.63) is 83.9 Å². The first kappa shape index (κ1) is 20.9. The van der Waals surface area contributed by atoms with E-state index in [2.05, 4.69) is 4.72 Å². The van der Waals surface area contributed by atoms with Gasteiger partial charge in [0.05, 0.1) is 11.5 Å². The van der Waals surface area contributed by atoms with E-state index in [4.69, 9.17) is 4.74 Å². The summed E-state index contributed by atoms with van der Waals surface area (Å²) in [6, 6.07) is 20.7. The van der Waals surface area contributed by atoms with Gasteiger partial charge in [0.25, 0.3) is 15.9 Å². The summed E-state index contributed by atoms with van der Waals surface area (Å²) in [6.07, 6.45) is 0.590. The van der Waals surface area contributed by atoms with E-state index in [9.17, 15) is 13.2 Å². The topological polar surface area (TPSA) is 75.7 Å². The average Bonchev–Trinajstić information content (AvgIpc) is 3.09. The second-order valence-corrected chi connectivity index (χ2v) is 9.13. The second kappa shape index (κ2) is 8.43. The number of nitrogens with one attached hydrogen (secondary N) is 1. The van der Waals surface area contributed by atoms with Crippen molar-refractivity contribution in [1.82, 2.24) is 0 Å². The molecule has 4 rings (SSSR count). The normalized spacial score (nSPS) is 15.4. The van der Waals surface area contributed by atoms with Crippen LogP contribution in [0.15, 0.2) is 77.7 Å². The Labute approximate surface area is 182 Å². The molecule has 1 atom stereocenters. The molecule has 0 saturated heterocycles. The van der Waals surface area contributed by atoms with Gasteiger partial charge in [-0.05, 0) is 80.4 Å². The van der Waals surface area contributed by atoms with Crippen LogP contribution in [-0.4, -0.2) is 27.0 Å². The minimum Gasteiger partial charge on any atom is -0.494 e. The summed E-state index contributed by atoms with van der Waals surface area (Å²) in [5.41, 5.74) is 2.64. The van der Waals surface area contributed by atoms with Crippen molar-refractivity contribution in [1.29, 1.82) is 0 Å². The monoisotopic (exact) mass is 436 g/mol. The first-order valence-electron chi connectivity index (χ1n) is 10.2. The van der Waals surface area contributed by atoms with Crippen molar-refractivity contribution in [2.75, 3.05) is 16.2 Å². The summed E-state index contributed by atoms with van der Waals surface area (Å²) < 4.78 is 33.6. The maximum absolute atomic E-state index is 13.2. The van der Waals surface area contributed by atoms with Crippen LogP contribution in [0.4, 0.5) is 11.4 Å². The summed E-state index contributed by atoms with van der Waals surface area (Å²) in [5, 5.41) is 0. The molecule has 1 heterocycles. The molecule has 0 spiro atoms. The Balaban J connectivity index is 1.59. The summed E-state index contributed by atoms with van der Waals surface area (Å²) in [4.78, 5) is 15.1. The highest BCUT2D eigenvalue weighted by atomic mass is 32.2. The number of sulfonamides is 1. The number of nitrogens with zero attached hydrogens (tertiary/aromatic N) is 1. The summed E-state index contributed by atoms with van der Waals surface area (Å²) in [5.74, 6) is 0.599. The largest absolute Gasteiger partial charge is 0.494 e. The van der Waals surface area contributed by atoms with Gasteiger partial charge in [-0.1, -0.05) is 18.2 Å². The zero-order valence-electron chi connectivity index (χ0n) is 17.4. The Morgan fingerprint density at radius 2 is 1.77 bits per heavy atom. The van der Waals surface area contributed by atoms with Gasteiger partial charge in [-0.25, -0.2) is 8.42 Å². The van der Waals surface area contributed by atoms with E-state index in [0.717, 1.165) is 17.0 Å². The molecule has 0 aromatic heterocycles. The maximum atomic E-state index is 13.2. The van der Waals surface area contributed by atoms with Crippen LogP contribution in [0, 0.1) is 0 Å². The SMILES string of the molecule is CCOc1ccc(C(=O)N2c3ccc(S(=O)(=O)Nc4ccccc4)cc3CC2C)cc1. The lowest BCUT2D eigenvalue weighted by Gasteiger charge is -2.23. The predicted molar refractivity (Wildman–Crippen MR) is 121 cm³/mol. The van der Waals surface area contributed by atoms with E-state index >= 15 is 0 Å². The lowest BCUT2D eigenvalue weighted by atomic mass is 10.1. The molecule has 1 N–H and O–H groups in total. The standard InChI is InChI=1S/C24H24N2O4S/c1-3-30-21-11-9-18(10-12-21)24(27)26-17(2)15-19-16-22(13-14-23(19)26)31(28,29)25-20-7-5-4-6-8-20/h4-14,16-17,25H,3,15H2,1-2H3. The molecule has 1 unspecified atom stereocenters. The van der Waals surface area contributed by atoms with E-state index in [1.54, 1.807) is 71.6 Å². The molecule has 7 heteroatoms. The molecule has 3 aromatic carbocycles. The van der Waals surface area contributed by atoms with Crippen molar-refractivity contribution in [2.45, 2.75) is 31.2 Å². The van der Waals surface area contributed by atoms with E-state index in [1.165, 1.54) is 0 Å². The number of para-hydroxylation sites is 1. The molecule has 0 saturated carbocycles. The zero-order chi connectivity index (χ0) is 22.0. The van der Waals surface area contributed by atoms with Crippen LogP contribution < -0.4 is 14.4 Å². The molecule has 0 radical (unpaired) electrons. The molecule has 1 aliphatic rings. The number of fused-ring (bicyclic) bond motifs is 1. The number of anilines is 2. The van der Waals surface area contributed by atoms with Gasteiger partial charge >= 0.3 is 0 Å². The third kappa shape index (κ3) is 4.27. The quantitative estimate of drug-likeness (QED) is 0.618. The van der Waals surface area contributed by atoms with Gasteiger partial charge in [0.15, 0.2) is 0 Å². The molecule has 31 heavy (non-hydrogen) atoms. The first-order valence-corrected chi connectivity index (χ1v) is 11.6. The Kier molecular flexibility index (Phi) is 5.69. The molecule has 160 valence electrons. The van der Waals surface area contributed by atoms with Gasteiger partial charge in [0.2, 0.25) is 0 Å². The number of hydrogen-bond donors (Lipinski definition) is 1. The van der Waals surface area contributed by atoms with Crippen LogP contribution in [0.25, 0.3) is 0 Å². The van der Waals surface area contributed by atoms with Gasteiger partial charge in [0, 0.05) is 23.0 Å². The summed E-state index contributed by atoms with van der Waals surface area (Å²) in [6.45, 7) is 4.43. The average molecular weight is 437 g/mol. The Hall–Kier alpha value is -3.32. The van der Waals surface area contributed by atoms with E-state index < -0.39 is 10.0 Å². The fourth-order valence-electron chi connectivity index (χ4n) is 3.80. The van der Waals surface area contributed by atoms with Crippen molar-refractivity contribution in [3.8, 4) is 5.75 Å². The smallest absolute Gasteiger partial charge is 0.261 e. The van der Waals surface area contributed by atoms with Crippen LogP contribution in [0.3, 0.4) is 0 Å². The molecule has 1 aliphatic heterocycles. The lowest BCUT2D eigenvalue weighted by molar-refractivity contribution is 0.0981. The number of carbonyl (C=O) groups is 1. The lowest BCUT2D eigenvalue weighted by Crippen LogP contribution is -2.35. The zero-order valence-corrected chi connectivity index (χ0v) is 18.2. The second-order valence-electron chi connectivity index (χ2n) is 7.45. The van der Waals surface area contributed by atoms with Crippen LogP contribution in [0.5, 0.6) is 5.75 Å². The van der Waals surface area contributed by atoms with Crippen LogP contribution >= 0.6 is 0 Å². The number of amides is 1. The molecule has 6 nitrogen and oxygen atoms in total. The molecule has 1 amide bonds. The van der Waals surface area contributed by atoms with Crippen molar-refractivity contribution in [3.63, 3.8) is 0 Å². The molecular weight excluding hydrogens is 412 g/mol. The Morgan fingerprint density at radius 3 is 2.45 bits per heavy atom. The van der Waals surface area contributed by atoms with E-state index in [1.807, 2.05) is 19.9 Å². The van der Waals surface area contributed by atoms with Gasteiger partial charge in [-0.3, -0.25) is 9.52 Å². The fourth-order valence-corrected chi connectivity index (χ4v) is 4.91. The van der Waals surface area contributed by atoms with Crippen molar-refractivity contribution in [2.24, 2.45) is 0 Å². The van der Waals surface area contributed by atoms with Crippen LogP contribution in [-0.2, 0) is 16.4 Å². The molecular formula is C24H24N2O4S. The van der Waals surface area contributed by atoms with Gasteiger partial charge < -0.3 is 9.64 Å². The molecule has 0 bridgehead atoms. The minimum atomic E-state index is -3.72. The maximum Gasteiger partial charge on any atom is 0.261 e. The fraction of sp³-hybridized carbons (Fsp3) is 0.208. The van der Waals surface area contributed by atoms with Crippen LogP contribution in [0.2, 0.25) is 0 Å². The van der Waals surface area contributed by atoms with Crippen molar-refractivity contribution < 1.29 is 17.9 Å². The number of benzene rings is 3. The molecule has 0 aliphatic carbocycles. The van der Waals surface area contributed by atoms with E-state index in [0.29, 0.717) is 24.3 Å². The third-order valence-corrected chi connectivity index (χ3v) is 6.61. The highest BCUT2D eigenvalue weighted by Crippen LogP contribution is 2.35. The van der Waals surface area contributed by atoms with Crippen molar-refractivity contribution >= 4 is 27.3 Å². The summed E-state index contributed by atoms with van der Waals surface area (Å²) in [7, 11) is -3.72. The Bertz CT molecular complexity index is 1190. The summed E-state index contributed by atoms with van der Waals surface area (Å²) >= 11 is 0. The van der Waals surface area contributed by atoms with Gasteiger partial charge in [0.1, 0.15) is 5.75 Å². The Morgan fingerprint density at radius 1 is 1.06 bits per heavy atom. The molecule has 3 aromatic rings. The number of hydrogen-bond acceptors (Lipinski definition) is 4. The van der Waals surface area contributed by atoms with Crippen LogP contribution in [0.1, 0.15) is 29.8 Å². The van der Waals surface area contributed by atoms with E-state index in [-0.39, 0.29) is 16.8 Å². The predicted octanol–water partition coefficient (Wildman–Crippen LogP) is 4.48. The molecule has 0 fully saturated rings. The first-order chi connectivity index (χ1) is 14.9. The highest BCUT2D eigenvalue weighted by molar-refractivity contribution is 7.92.